The van der Waals surface area contributed by atoms with Gasteiger partial charge >= 0.3 is 0 Å². The lowest BCUT2D eigenvalue weighted by molar-refractivity contribution is 0.0971. The number of pyridine rings is 1. The van der Waals surface area contributed by atoms with Crippen molar-refractivity contribution in [2.45, 2.75) is 19.3 Å². The van der Waals surface area contributed by atoms with Crippen LogP contribution in [0, 0.1) is 11.6 Å². The number of phenols is 1. The summed E-state index contributed by atoms with van der Waals surface area (Å²) in [7, 11) is 0. The second kappa shape index (κ2) is 4.67. The topological polar surface area (TPSA) is 50.2 Å². The van der Waals surface area contributed by atoms with Gasteiger partial charge in [0.05, 0.1) is 11.4 Å². The van der Waals surface area contributed by atoms with Crippen molar-refractivity contribution >= 4 is 5.78 Å². The van der Waals surface area contributed by atoms with E-state index in [9.17, 15) is 13.6 Å². The van der Waals surface area contributed by atoms with E-state index in [0.29, 0.717) is 29.8 Å². The first-order valence-electron chi connectivity index (χ1n) is 6.28. The Morgan fingerprint density at radius 1 is 1.10 bits per heavy atom. The van der Waals surface area contributed by atoms with Crippen molar-refractivity contribution in [1.29, 1.82) is 0 Å². The Morgan fingerprint density at radius 2 is 1.80 bits per heavy atom. The maximum Gasteiger partial charge on any atom is 0.187 e. The standard InChI is InChI=1S/C15H11F2NO2/c16-10-6-8(7-11(17)15(10)20)12-5-4-9-13(18-12)2-1-3-14(9)19/h4-7,20H,1-3H2. The Hall–Kier alpha value is -2.30. The lowest BCUT2D eigenvalue weighted by Gasteiger charge is -2.14. The zero-order valence-corrected chi connectivity index (χ0v) is 10.5. The van der Waals surface area contributed by atoms with Crippen LogP contribution in [0.15, 0.2) is 24.3 Å². The van der Waals surface area contributed by atoms with E-state index in [1.54, 1.807) is 12.1 Å². The van der Waals surface area contributed by atoms with Crippen LogP contribution < -0.4 is 0 Å². The van der Waals surface area contributed by atoms with Gasteiger partial charge in [0.15, 0.2) is 23.2 Å². The number of nitrogens with zero attached hydrogens (tertiary/aromatic N) is 1. The Morgan fingerprint density at radius 3 is 2.50 bits per heavy atom. The molecule has 0 amide bonds. The van der Waals surface area contributed by atoms with E-state index in [-0.39, 0.29) is 11.3 Å². The highest BCUT2D eigenvalue weighted by atomic mass is 19.1. The molecule has 1 aliphatic rings. The number of aromatic nitrogens is 1. The number of Topliss-reactive ketones (excluding diaryl/α,β-unsaturated/α-hetero) is 1. The van der Waals surface area contributed by atoms with E-state index in [0.717, 1.165) is 18.6 Å². The molecule has 0 spiro atoms. The second-order valence-corrected chi connectivity index (χ2v) is 4.76. The second-order valence-electron chi connectivity index (χ2n) is 4.76. The smallest absolute Gasteiger partial charge is 0.187 e. The molecule has 1 aromatic carbocycles. The van der Waals surface area contributed by atoms with Crippen LogP contribution in [0.3, 0.4) is 0 Å². The highest BCUT2D eigenvalue weighted by Gasteiger charge is 2.19. The molecule has 3 nitrogen and oxygen atoms in total. The zero-order chi connectivity index (χ0) is 14.3. The van der Waals surface area contributed by atoms with Crippen molar-refractivity contribution in [3.8, 4) is 17.0 Å². The molecule has 102 valence electrons. The normalized spacial score (nSPS) is 14.2. The number of benzene rings is 1. The molecule has 0 fully saturated rings. The molecule has 0 unspecified atom stereocenters. The van der Waals surface area contributed by atoms with Gasteiger partial charge in [-0.15, -0.1) is 0 Å². The Bertz CT molecular complexity index is 690. The predicted octanol–water partition coefficient (Wildman–Crippen LogP) is 3.25. The minimum atomic E-state index is -1.03. The summed E-state index contributed by atoms with van der Waals surface area (Å²) in [6.45, 7) is 0. The van der Waals surface area contributed by atoms with E-state index in [1.165, 1.54) is 0 Å². The molecule has 0 saturated heterocycles. The molecule has 20 heavy (non-hydrogen) atoms. The number of aromatic hydroxyl groups is 1. The molecule has 1 aliphatic carbocycles. The summed E-state index contributed by atoms with van der Waals surface area (Å²) in [5.41, 5.74) is 1.86. The van der Waals surface area contributed by atoms with Gasteiger partial charge in [-0.25, -0.2) is 8.78 Å². The minimum Gasteiger partial charge on any atom is -0.503 e. The minimum absolute atomic E-state index is 0.0494. The maximum absolute atomic E-state index is 13.4. The maximum atomic E-state index is 13.4. The summed E-state index contributed by atoms with van der Waals surface area (Å²) < 4.78 is 26.7. The number of phenolic OH excluding ortho intramolecular Hbond substituents is 1. The molecule has 3 rings (SSSR count). The third-order valence-corrected chi connectivity index (χ3v) is 3.40. The Balaban J connectivity index is 2.09. The van der Waals surface area contributed by atoms with Crippen molar-refractivity contribution in [3.05, 3.63) is 47.2 Å². The van der Waals surface area contributed by atoms with Gasteiger partial charge in [-0.05, 0) is 37.1 Å². The Labute approximate surface area is 113 Å². The van der Waals surface area contributed by atoms with Gasteiger partial charge in [-0.2, -0.15) is 0 Å². The van der Waals surface area contributed by atoms with Crippen LogP contribution >= 0.6 is 0 Å². The molecule has 0 saturated carbocycles. The monoisotopic (exact) mass is 275 g/mol. The highest BCUT2D eigenvalue weighted by Crippen LogP contribution is 2.29. The van der Waals surface area contributed by atoms with Crippen LogP contribution in [0.4, 0.5) is 8.78 Å². The molecular weight excluding hydrogens is 264 g/mol. The third kappa shape index (κ3) is 2.05. The number of aryl methyl sites for hydroxylation is 1. The number of ketones is 1. The van der Waals surface area contributed by atoms with Crippen molar-refractivity contribution in [1.82, 2.24) is 4.98 Å². The first-order chi connectivity index (χ1) is 9.56. The van der Waals surface area contributed by atoms with Gasteiger partial charge in [-0.1, -0.05) is 0 Å². The summed E-state index contributed by atoms with van der Waals surface area (Å²) in [5, 5.41) is 9.09. The molecule has 2 aromatic rings. The van der Waals surface area contributed by atoms with Gasteiger partial charge < -0.3 is 5.11 Å². The van der Waals surface area contributed by atoms with Crippen molar-refractivity contribution in [2.24, 2.45) is 0 Å². The highest BCUT2D eigenvalue weighted by molar-refractivity contribution is 5.98. The third-order valence-electron chi connectivity index (χ3n) is 3.40. The van der Waals surface area contributed by atoms with Crippen molar-refractivity contribution in [3.63, 3.8) is 0 Å². The fourth-order valence-corrected chi connectivity index (χ4v) is 2.37. The molecule has 1 N–H and O–H groups in total. The number of hydrogen-bond donors (Lipinski definition) is 1. The molecule has 0 atom stereocenters. The Kier molecular flexibility index (Phi) is 2.97. The molecule has 1 aromatic heterocycles. The lowest BCUT2D eigenvalue weighted by atomic mass is 9.94. The summed E-state index contributed by atoms with van der Waals surface area (Å²) in [5.74, 6) is -3.01. The van der Waals surface area contributed by atoms with Crippen LogP contribution in [0.1, 0.15) is 28.9 Å². The van der Waals surface area contributed by atoms with Gasteiger partial charge in [-0.3, -0.25) is 9.78 Å². The summed E-state index contributed by atoms with van der Waals surface area (Å²) >= 11 is 0. The SMILES string of the molecule is O=C1CCCc2nc(-c3cc(F)c(O)c(F)c3)ccc21. The van der Waals surface area contributed by atoms with Crippen molar-refractivity contribution < 1.29 is 18.7 Å². The van der Waals surface area contributed by atoms with Gasteiger partial charge in [0.1, 0.15) is 0 Å². The number of carbonyl (C=O) groups is 1. The van der Waals surface area contributed by atoms with E-state index >= 15 is 0 Å². The largest absolute Gasteiger partial charge is 0.503 e. The van der Waals surface area contributed by atoms with Crippen LogP contribution in [0.25, 0.3) is 11.3 Å². The van der Waals surface area contributed by atoms with Crippen LogP contribution in [-0.4, -0.2) is 15.9 Å². The van der Waals surface area contributed by atoms with E-state index in [4.69, 9.17) is 5.11 Å². The number of fused-ring (bicyclic) bond motifs is 1. The predicted molar refractivity (Wildman–Crippen MR) is 68.5 cm³/mol. The molecule has 0 radical (unpaired) electrons. The van der Waals surface area contributed by atoms with Gasteiger partial charge in [0, 0.05) is 17.5 Å². The molecule has 0 aliphatic heterocycles. The summed E-state index contributed by atoms with van der Waals surface area (Å²) in [6.07, 6.45) is 1.93. The van der Waals surface area contributed by atoms with E-state index in [1.807, 2.05) is 0 Å². The molecule has 1 heterocycles. The van der Waals surface area contributed by atoms with Crippen molar-refractivity contribution in [2.75, 3.05) is 0 Å². The average Bonchev–Trinajstić information content (AvgIpc) is 2.44. The lowest BCUT2D eigenvalue weighted by Crippen LogP contribution is -2.12. The number of carbonyl (C=O) groups excluding carboxylic acids is 1. The van der Waals surface area contributed by atoms with Gasteiger partial charge in [0.25, 0.3) is 0 Å². The average molecular weight is 275 g/mol. The number of rotatable bonds is 1. The number of hydrogen-bond acceptors (Lipinski definition) is 3. The fraction of sp³-hybridized carbons (Fsp3) is 0.200. The first kappa shape index (κ1) is 12.7. The van der Waals surface area contributed by atoms with Crippen LogP contribution in [-0.2, 0) is 6.42 Å². The van der Waals surface area contributed by atoms with Gasteiger partial charge in [0.2, 0.25) is 0 Å². The summed E-state index contributed by atoms with van der Waals surface area (Å²) in [4.78, 5) is 16.0. The summed E-state index contributed by atoms with van der Waals surface area (Å²) in [6, 6.07) is 5.25. The van der Waals surface area contributed by atoms with E-state index < -0.39 is 17.4 Å². The quantitative estimate of drug-likeness (QED) is 0.869. The first-order valence-corrected chi connectivity index (χ1v) is 6.28. The van der Waals surface area contributed by atoms with E-state index in [2.05, 4.69) is 4.98 Å². The molecule has 0 bridgehead atoms. The fourth-order valence-electron chi connectivity index (χ4n) is 2.37. The number of halogens is 2. The van der Waals surface area contributed by atoms with Crippen LogP contribution in [0.2, 0.25) is 0 Å². The van der Waals surface area contributed by atoms with Crippen LogP contribution in [0.5, 0.6) is 5.75 Å². The molecule has 5 heteroatoms. The molecular formula is C15H11F2NO2. The zero-order valence-electron chi connectivity index (χ0n) is 10.5.